The van der Waals surface area contributed by atoms with E-state index >= 15 is 0 Å². The quantitative estimate of drug-likeness (QED) is 0.762. The number of methoxy groups -OCH3 is 1. The average Bonchev–Trinajstić information content (AvgIpc) is 3.25. The third-order valence-corrected chi connectivity index (χ3v) is 5.34. The Balaban J connectivity index is 1.77. The highest BCUT2D eigenvalue weighted by molar-refractivity contribution is 5.88. The molecule has 2 heterocycles. The van der Waals surface area contributed by atoms with Crippen molar-refractivity contribution in [3.8, 4) is 0 Å². The topological polar surface area (TPSA) is 78.9 Å². The summed E-state index contributed by atoms with van der Waals surface area (Å²) in [5, 5.41) is 13.2. The lowest BCUT2D eigenvalue weighted by Crippen LogP contribution is -2.62. The van der Waals surface area contributed by atoms with Gasteiger partial charge in [0, 0.05) is 26.7 Å². The number of carbonyl (C=O) groups excluding carboxylic acids is 2. The number of amides is 2. The van der Waals surface area contributed by atoms with Crippen LogP contribution in [-0.4, -0.2) is 61.3 Å². The van der Waals surface area contributed by atoms with Gasteiger partial charge in [-0.05, 0) is 32.1 Å². The molecular formula is C15H24N2O4. The van der Waals surface area contributed by atoms with Gasteiger partial charge < -0.3 is 20.1 Å². The minimum absolute atomic E-state index is 0.0917. The molecule has 2 atom stereocenters. The van der Waals surface area contributed by atoms with Gasteiger partial charge in [-0.15, -0.1) is 0 Å². The number of piperidine rings is 2. The Morgan fingerprint density at radius 3 is 2.86 bits per heavy atom. The van der Waals surface area contributed by atoms with E-state index in [1.807, 2.05) is 0 Å². The van der Waals surface area contributed by atoms with Gasteiger partial charge in [0.25, 0.3) is 0 Å². The van der Waals surface area contributed by atoms with Crippen LogP contribution in [0.4, 0.5) is 0 Å². The normalized spacial score (nSPS) is 34.7. The molecular weight excluding hydrogens is 272 g/mol. The summed E-state index contributed by atoms with van der Waals surface area (Å²) < 4.78 is 5.18. The molecule has 2 amide bonds. The zero-order valence-electron chi connectivity index (χ0n) is 12.6. The van der Waals surface area contributed by atoms with Crippen LogP contribution in [0.1, 0.15) is 32.1 Å². The molecule has 0 aromatic heterocycles. The number of hydrogen-bond acceptors (Lipinski definition) is 4. The SMILES string of the molecule is COCC1(C(=O)N2CC[C@@H](O)[C@@]3(CCCNC3=O)C2)CC1. The van der Waals surface area contributed by atoms with Gasteiger partial charge in [-0.2, -0.15) is 0 Å². The summed E-state index contributed by atoms with van der Waals surface area (Å²) in [4.78, 5) is 26.8. The van der Waals surface area contributed by atoms with Crippen molar-refractivity contribution in [3.63, 3.8) is 0 Å². The van der Waals surface area contributed by atoms with E-state index in [0.29, 0.717) is 39.1 Å². The minimum atomic E-state index is -0.810. The molecule has 0 unspecified atom stereocenters. The largest absolute Gasteiger partial charge is 0.392 e. The first-order chi connectivity index (χ1) is 10.0. The van der Waals surface area contributed by atoms with E-state index in [1.165, 1.54) is 0 Å². The van der Waals surface area contributed by atoms with Crippen molar-refractivity contribution in [1.82, 2.24) is 10.2 Å². The highest BCUT2D eigenvalue weighted by Crippen LogP contribution is 2.49. The van der Waals surface area contributed by atoms with Gasteiger partial charge in [-0.1, -0.05) is 0 Å². The number of nitrogens with zero attached hydrogens (tertiary/aromatic N) is 1. The summed E-state index contributed by atoms with van der Waals surface area (Å²) in [6, 6.07) is 0. The lowest BCUT2D eigenvalue weighted by molar-refractivity contribution is -0.158. The molecule has 1 spiro atoms. The highest BCUT2D eigenvalue weighted by Gasteiger charge is 2.56. The van der Waals surface area contributed by atoms with Gasteiger partial charge in [-0.3, -0.25) is 9.59 Å². The molecule has 3 rings (SSSR count). The first kappa shape index (κ1) is 14.8. The van der Waals surface area contributed by atoms with E-state index in [1.54, 1.807) is 12.0 Å². The Bertz CT molecular complexity index is 449. The maximum atomic E-state index is 12.7. The number of hydrogen-bond donors (Lipinski definition) is 2. The molecule has 0 bridgehead atoms. The van der Waals surface area contributed by atoms with Crippen LogP contribution in [0.2, 0.25) is 0 Å². The lowest BCUT2D eigenvalue weighted by atomic mass is 9.71. The Hall–Kier alpha value is -1.14. The summed E-state index contributed by atoms with van der Waals surface area (Å²) in [5.74, 6) is -0.00987. The van der Waals surface area contributed by atoms with Gasteiger partial charge >= 0.3 is 0 Å². The van der Waals surface area contributed by atoms with Crippen molar-refractivity contribution >= 4 is 11.8 Å². The molecule has 3 fully saturated rings. The number of likely N-dealkylation sites (tertiary alicyclic amines) is 1. The molecule has 0 aromatic carbocycles. The fourth-order valence-electron chi connectivity index (χ4n) is 3.80. The number of nitrogens with one attached hydrogen (secondary N) is 1. The van der Waals surface area contributed by atoms with Crippen molar-refractivity contribution in [2.24, 2.45) is 10.8 Å². The monoisotopic (exact) mass is 296 g/mol. The molecule has 0 radical (unpaired) electrons. The number of carbonyl (C=O) groups is 2. The van der Waals surface area contributed by atoms with Crippen LogP contribution in [0.3, 0.4) is 0 Å². The predicted octanol–water partition coefficient (Wildman–Crippen LogP) is -0.0974. The van der Waals surface area contributed by atoms with Crippen LogP contribution in [0.15, 0.2) is 0 Å². The molecule has 21 heavy (non-hydrogen) atoms. The molecule has 0 aromatic rings. The second kappa shape index (κ2) is 5.25. The second-order valence-corrected chi connectivity index (χ2v) is 6.76. The third-order valence-electron chi connectivity index (χ3n) is 5.34. The van der Waals surface area contributed by atoms with Crippen LogP contribution >= 0.6 is 0 Å². The molecule has 2 N–H and O–H groups in total. The molecule has 3 aliphatic rings. The van der Waals surface area contributed by atoms with E-state index < -0.39 is 11.5 Å². The van der Waals surface area contributed by atoms with E-state index in [4.69, 9.17) is 4.74 Å². The Labute approximate surface area is 124 Å². The molecule has 2 aliphatic heterocycles. The van der Waals surface area contributed by atoms with Crippen molar-refractivity contribution in [1.29, 1.82) is 0 Å². The molecule has 1 aliphatic carbocycles. The summed E-state index contributed by atoms with van der Waals surface area (Å²) >= 11 is 0. The highest BCUT2D eigenvalue weighted by atomic mass is 16.5. The van der Waals surface area contributed by atoms with Gasteiger partial charge in [0.15, 0.2) is 0 Å². The minimum Gasteiger partial charge on any atom is -0.392 e. The number of aliphatic hydroxyl groups excluding tert-OH is 1. The maximum Gasteiger partial charge on any atom is 0.231 e. The third kappa shape index (κ3) is 2.34. The van der Waals surface area contributed by atoms with Gasteiger partial charge in [0.1, 0.15) is 0 Å². The Kier molecular flexibility index (Phi) is 3.69. The second-order valence-electron chi connectivity index (χ2n) is 6.76. The van der Waals surface area contributed by atoms with Crippen molar-refractivity contribution in [2.75, 3.05) is 33.4 Å². The van der Waals surface area contributed by atoms with Crippen LogP contribution < -0.4 is 5.32 Å². The van der Waals surface area contributed by atoms with E-state index in [2.05, 4.69) is 5.32 Å². The maximum absolute atomic E-state index is 12.7. The predicted molar refractivity (Wildman–Crippen MR) is 75.4 cm³/mol. The van der Waals surface area contributed by atoms with E-state index in [9.17, 15) is 14.7 Å². The first-order valence-corrected chi connectivity index (χ1v) is 7.79. The average molecular weight is 296 g/mol. The van der Waals surface area contributed by atoms with Crippen LogP contribution in [-0.2, 0) is 14.3 Å². The Morgan fingerprint density at radius 2 is 2.24 bits per heavy atom. The lowest BCUT2D eigenvalue weighted by Gasteiger charge is -2.47. The fourth-order valence-corrected chi connectivity index (χ4v) is 3.80. The van der Waals surface area contributed by atoms with E-state index in [0.717, 1.165) is 19.3 Å². The van der Waals surface area contributed by atoms with E-state index in [-0.39, 0.29) is 17.2 Å². The van der Waals surface area contributed by atoms with Gasteiger partial charge in [-0.25, -0.2) is 0 Å². The number of ether oxygens (including phenoxy) is 1. The molecule has 2 saturated heterocycles. The summed E-state index contributed by atoms with van der Waals surface area (Å²) in [6.07, 6.45) is 3.05. The van der Waals surface area contributed by atoms with Crippen molar-refractivity contribution < 1.29 is 19.4 Å². The van der Waals surface area contributed by atoms with Crippen LogP contribution in [0.5, 0.6) is 0 Å². The zero-order valence-corrected chi connectivity index (χ0v) is 12.6. The standard InChI is InChI=1S/C15H24N2O4/c1-21-10-14(5-6-14)13(20)17-8-3-11(18)15(9-17)4-2-7-16-12(15)19/h11,18H,2-10H2,1H3,(H,16,19)/t11-,15-/m1/s1. The van der Waals surface area contributed by atoms with Crippen LogP contribution in [0.25, 0.3) is 0 Å². The Morgan fingerprint density at radius 1 is 1.48 bits per heavy atom. The first-order valence-electron chi connectivity index (χ1n) is 7.79. The molecule has 6 heteroatoms. The summed E-state index contributed by atoms with van der Waals surface area (Å²) in [6.45, 7) is 1.98. The van der Waals surface area contributed by atoms with Crippen LogP contribution in [0, 0.1) is 10.8 Å². The van der Waals surface area contributed by atoms with Crippen molar-refractivity contribution in [3.05, 3.63) is 0 Å². The smallest absolute Gasteiger partial charge is 0.231 e. The number of aliphatic hydroxyl groups is 1. The number of rotatable bonds is 3. The summed E-state index contributed by atoms with van der Waals surface area (Å²) in [7, 11) is 1.61. The fraction of sp³-hybridized carbons (Fsp3) is 0.867. The van der Waals surface area contributed by atoms with Gasteiger partial charge in [0.05, 0.1) is 23.5 Å². The van der Waals surface area contributed by atoms with Gasteiger partial charge in [0.2, 0.25) is 11.8 Å². The summed E-state index contributed by atoms with van der Waals surface area (Å²) in [5.41, 5.74) is -1.18. The van der Waals surface area contributed by atoms with Crippen molar-refractivity contribution in [2.45, 2.75) is 38.2 Å². The molecule has 1 saturated carbocycles. The molecule has 118 valence electrons. The molecule has 6 nitrogen and oxygen atoms in total. The zero-order chi connectivity index (χ0) is 15.1.